The molecule has 0 amide bonds. The van der Waals surface area contributed by atoms with Crippen LogP contribution in [0, 0.1) is 0 Å². The zero-order valence-corrected chi connectivity index (χ0v) is 12.6. The van der Waals surface area contributed by atoms with Gasteiger partial charge in [0, 0.05) is 6.26 Å². The fourth-order valence-electron chi connectivity index (χ4n) is 1.75. The number of nitrogens with two attached hydrogens (primary N) is 1. The van der Waals surface area contributed by atoms with Crippen molar-refractivity contribution in [2.75, 3.05) is 26.2 Å². The molecule has 0 saturated heterocycles. The number of Topliss-reactive ketones (excluding diaryl/α,β-unsaturated/α-hetero) is 1. The first kappa shape index (κ1) is 16.5. The number of hydrogen-bond acceptors (Lipinski definition) is 6. The van der Waals surface area contributed by atoms with Crippen LogP contribution in [0.25, 0.3) is 0 Å². The van der Waals surface area contributed by atoms with Gasteiger partial charge < -0.3 is 15.2 Å². The highest BCUT2D eigenvalue weighted by molar-refractivity contribution is 7.90. The summed E-state index contributed by atoms with van der Waals surface area (Å²) in [5.74, 6) is 0.161. The fraction of sp³-hybridized carbons (Fsp3) is 0.462. The normalized spacial score (nSPS) is 12.8. The zero-order chi connectivity index (χ0) is 15.3. The molecule has 1 rings (SSSR count). The quantitative estimate of drug-likeness (QED) is 0.743. The number of hydrogen-bond donors (Lipinski definition) is 1. The van der Waals surface area contributed by atoms with Gasteiger partial charge in [0.15, 0.2) is 5.78 Å². The second-order valence-corrected chi connectivity index (χ2v) is 6.69. The molecule has 1 aromatic carbocycles. The van der Waals surface area contributed by atoms with Gasteiger partial charge in [0.2, 0.25) is 0 Å². The maximum atomic E-state index is 12.3. The number of benzene rings is 1. The molecule has 1 unspecified atom stereocenters. The number of ketones is 1. The standard InChI is InChI=1S/C13H19NO5S/c1-18-10-5-4-6-11(19-2)12(10)13(15)9(14)7-8-20(3,16)17/h4-6,9H,7-8,14H2,1-3H3. The van der Waals surface area contributed by atoms with E-state index in [1.165, 1.54) is 14.2 Å². The van der Waals surface area contributed by atoms with Crippen molar-refractivity contribution in [3.8, 4) is 11.5 Å². The van der Waals surface area contributed by atoms with Gasteiger partial charge in [-0.05, 0) is 18.6 Å². The lowest BCUT2D eigenvalue weighted by Gasteiger charge is -2.15. The SMILES string of the molecule is COc1cccc(OC)c1C(=O)C(N)CCS(C)(=O)=O. The van der Waals surface area contributed by atoms with Gasteiger partial charge in [-0.3, -0.25) is 4.79 Å². The van der Waals surface area contributed by atoms with Crippen molar-refractivity contribution < 1.29 is 22.7 Å². The molecule has 0 aliphatic rings. The van der Waals surface area contributed by atoms with Crippen molar-refractivity contribution in [1.29, 1.82) is 0 Å². The minimum absolute atomic E-state index is 0.0544. The summed E-state index contributed by atoms with van der Waals surface area (Å²) in [5.41, 5.74) is 6.01. The van der Waals surface area contributed by atoms with Crippen LogP contribution in [0.1, 0.15) is 16.8 Å². The first-order valence-corrected chi connectivity index (χ1v) is 8.04. The van der Waals surface area contributed by atoms with Gasteiger partial charge in [0.05, 0.1) is 26.0 Å². The predicted octanol–water partition coefficient (Wildman–Crippen LogP) is 0.649. The number of rotatable bonds is 7. The Kier molecular flexibility index (Phi) is 5.52. The first-order chi connectivity index (χ1) is 9.30. The molecule has 0 spiro atoms. The van der Waals surface area contributed by atoms with Gasteiger partial charge in [-0.25, -0.2) is 8.42 Å². The van der Waals surface area contributed by atoms with E-state index >= 15 is 0 Å². The molecule has 0 aromatic heterocycles. The first-order valence-electron chi connectivity index (χ1n) is 5.98. The fourth-order valence-corrected chi connectivity index (χ4v) is 2.43. The summed E-state index contributed by atoms with van der Waals surface area (Å²) < 4.78 is 32.5. The molecule has 1 aromatic rings. The molecule has 0 saturated carbocycles. The lowest BCUT2D eigenvalue weighted by Crippen LogP contribution is -2.33. The molecule has 20 heavy (non-hydrogen) atoms. The smallest absolute Gasteiger partial charge is 0.187 e. The van der Waals surface area contributed by atoms with Crippen LogP contribution in [-0.2, 0) is 9.84 Å². The average Bonchev–Trinajstić information content (AvgIpc) is 2.42. The number of carbonyl (C=O) groups excluding carboxylic acids is 1. The van der Waals surface area contributed by atoms with Crippen molar-refractivity contribution in [2.24, 2.45) is 5.73 Å². The van der Waals surface area contributed by atoms with Crippen molar-refractivity contribution in [2.45, 2.75) is 12.5 Å². The lowest BCUT2D eigenvalue weighted by atomic mass is 10.0. The molecule has 7 heteroatoms. The molecule has 1 atom stereocenters. The Bertz CT molecular complexity index is 560. The van der Waals surface area contributed by atoms with Crippen LogP contribution in [0.4, 0.5) is 0 Å². The topological polar surface area (TPSA) is 95.7 Å². The van der Waals surface area contributed by atoms with Crippen LogP contribution in [-0.4, -0.2) is 46.5 Å². The number of carbonyl (C=O) groups is 1. The summed E-state index contributed by atoms with van der Waals surface area (Å²) in [7, 11) is -0.285. The van der Waals surface area contributed by atoms with Crippen LogP contribution in [0.5, 0.6) is 11.5 Å². The Labute approximate surface area is 118 Å². The summed E-state index contributed by atoms with van der Waals surface area (Å²) in [6, 6.07) is 4.02. The maximum absolute atomic E-state index is 12.3. The monoisotopic (exact) mass is 301 g/mol. The third-order valence-electron chi connectivity index (χ3n) is 2.81. The molecule has 0 bridgehead atoms. The minimum atomic E-state index is -3.16. The second-order valence-electron chi connectivity index (χ2n) is 4.43. The van der Waals surface area contributed by atoms with E-state index < -0.39 is 21.7 Å². The zero-order valence-electron chi connectivity index (χ0n) is 11.8. The molecule has 0 heterocycles. The van der Waals surface area contributed by atoms with Crippen LogP contribution < -0.4 is 15.2 Å². The molecule has 112 valence electrons. The van der Waals surface area contributed by atoms with E-state index in [2.05, 4.69) is 0 Å². The maximum Gasteiger partial charge on any atom is 0.187 e. The molecule has 6 nitrogen and oxygen atoms in total. The van der Waals surface area contributed by atoms with Crippen LogP contribution in [0.2, 0.25) is 0 Å². The molecule has 0 fully saturated rings. The van der Waals surface area contributed by atoms with Crippen LogP contribution in [0.3, 0.4) is 0 Å². The predicted molar refractivity (Wildman–Crippen MR) is 76.2 cm³/mol. The Morgan fingerprint density at radius 2 is 1.75 bits per heavy atom. The number of sulfone groups is 1. The summed E-state index contributed by atoms with van der Waals surface area (Å²) in [4.78, 5) is 12.3. The van der Waals surface area contributed by atoms with Gasteiger partial charge in [-0.15, -0.1) is 0 Å². The molecule has 0 radical (unpaired) electrons. The number of methoxy groups -OCH3 is 2. The van der Waals surface area contributed by atoms with Crippen LogP contribution in [0.15, 0.2) is 18.2 Å². The van der Waals surface area contributed by atoms with Gasteiger partial charge in [-0.1, -0.05) is 6.07 Å². The molecular weight excluding hydrogens is 282 g/mol. The third kappa shape index (κ3) is 4.21. The van der Waals surface area contributed by atoms with Crippen LogP contribution >= 0.6 is 0 Å². The highest BCUT2D eigenvalue weighted by Gasteiger charge is 2.24. The summed E-state index contributed by atoms with van der Waals surface area (Å²) >= 11 is 0. The average molecular weight is 301 g/mol. The number of ether oxygens (including phenoxy) is 2. The van der Waals surface area contributed by atoms with Crippen molar-refractivity contribution in [1.82, 2.24) is 0 Å². The second kappa shape index (κ2) is 6.71. The molecule has 0 aliphatic heterocycles. The summed E-state index contributed by atoms with van der Waals surface area (Å²) in [6.45, 7) is 0. The summed E-state index contributed by atoms with van der Waals surface area (Å²) in [5, 5.41) is 0. The molecule has 0 aliphatic carbocycles. The van der Waals surface area contributed by atoms with E-state index in [0.717, 1.165) is 6.26 Å². The van der Waals surface area contributed by atoms with Gasteiger partial charge in [0.25, 0.3) is 0 Å². The van der Waals surface area contributed by atoms with E-state index in [0.29, 0.717) is 11.5 Å². The Hall–Kier alpha value is -1.60. The lowest BCUT2D eigenvalue weighted by molar-refractivity contribution is 0.0953. The molecular formula is C13H19NO5S. The van der Waals surface area contributed by atoms with E-state index in [-0.39, 0.29) is 17.7 Å². The minimum Gasteiger partial charge on any atom is -0.496 e. The van der Waals surface area contributed by atoms with E-state index in [1.807, 2.05) is 0 Å². The third-order valence-corrected chi connectivity index (χ3v) is 3.79. The Morgan fingerprint density at radius 1 is 1.25 bits per heavy atom. The van der Waals surface area contributed by atoms with E-state index in [9.17, 15) is 13.2 Å². The highest BCUT2D eigenvalue weighted by Crippen LogP contribution is 2.29. The van der Waals surface area contributed by atoms with Gasteiger partial charge in [-0.2, -0.15) is 0 Å². The van der Waals surface area contributed by atoms with Gasteiger partial charge >= 0.3 is 0 Å². The van der Waals surface area contributed by atoms with E-state index in [4.69, 9.17) is 15.2 Å². The highest BCUT2D eigenvalue weighted by atomic mass is 32.2. The largest absolute Gasteiger partial charge is 0.496 e. The Balaban J connectivity index is 3.02. The summed E-state index contributed by atoms with van der Waals surface area (Å²) in [6.07, 6.45) is 1.16. The molecule has 2 N–H and O–H groups in total. The van der Waals surface area contributed by atoms with E-state index in [1.54, 1.807) is 18.2 Å². The van der Waals surface area contributed by atoms with Gasteiger partial charge in [0.1, 0.15) is 26.9 Å². The van der Waals surface area contributed by atoms with Crippen molar-refractivity contribution in [3.05, 3.63) is 23.8 Å². The van der Waals surface area contributed by atoms with Crippen molar-refractivity contribution in [3.63, 3.8) is 0 Å². The van der Waals surface area contributed by atoms with Crippen molar-refractivity contribution >= 4 is 15.6 Å². The Morgan fingerprint density at radius 3 is 2.15 bits per heavy atom.